The predicted octanol–water partition coefficient (Wildman–Crippen LogP) is 3.23. The van der Waals surface area contributed by atoms with Gasteiger partial charge in [0.25, 0.3) is 0 Å². The third kappa shape index (κ3) is 8.76. The van der Waals surface area contributed by atoms with Gasteiger partial charge in [-0.3, -0.25) is 0 Å². The molecule has 4 N–H and O–H groups in total. The first-order valence-corrected chi connectivity index (χ1v) is 8.73. The number of rotatable bonds is 8. The molecule has 2 rings (SSSR count). The van der Waals surface area contributed by atoms with Crippen LogP contribution in [0.15, 0.2) is 60.7 Å². The molecule has 1 unspecified atom stereocenters. The fourth-order valence-electron chi connectivity index (χ4n) is 2.48. The van der Waals surface area contributed by atoms with E-state index in [1.165, 1.54) is 0 Å². The first-order valence-electron chi connectivity index (χ1n) is 8.73. The van der Waals surface area contributed by atoms with Crippen molar-refractivity contribution in [1.29, 1.82) is 0 Å². The lowest BCUT2D eigenvalue weighted by Gasteiger charge is -2.17. The Kier molecular flexibility index (Phi) is 10.2. The fourth-order valence-corrected chi connectivity index (χ4v) is 2.48. The Morgan fingerprint density at radius 1 is 1.00 bits per heavy atom. The van der Waals surface area contributed by atoms with Gasteiger partial charge in [0.1, 0.15) is 12.7 Å². The Bertz CT molecular complexity index is 577. The van der Waals surface area contributed by atoms with Crippen LogP contribution in [0.2, 0.25) is 0 Å². The first kappa shape index (κ1) is 21.8. The number of carboxylic acids is 1. The van der Waals surface area contributed by atoms with Crippen molar-refractivity contribution in [2.45, 2.75) is 32.4 Å². The largest absolute Gasteiger partial charge is 0.480 e. The van der Waals surface area contributed by atoms with Crippen LogP contribution in [-0.4, -0.2) is 35.4 Å². The fraction of sp³-hybridized carbons (Fsp3) is 0.381. The van der Waals surface area contributed by atoms with Gasteiger partial charge in [-0.15, -0.1) is 0 Å². The van der Waals surface area contributed by atoms with E-state index in [1.54, 1.807) is 0 Å². The Hall–Kier alpha value is -2.21. The maximum absolute atomic E-state index is 10.6. The quantitative estimate of drug-likeness (QED) is 0.673. The smallest absolute Gasteiger partial charge is 0.329 e. The molecule has 0 saturated carbocycles. The molecule has 0 aliphatic rings. The van der Waals surface area contributed by atoms with Crippen molar-refractivity contribution >= 4 is 5.97 Å². The van der Waals surface area contributed by atoms with Gasteiger partial charge in [-0.05, 0) is 23.5 Å². The average molecular weight is 359 g/mol. The van der Waals surface area contributed by atoms with Crippen LogP contribution in [0.5, 0.6) is 0 Å². The summed E-state index contributed by atoms with van der Waals surface area (Å²) in [5.74, 6) is -0.371. The zero-order valence-corrected chi connectivity index (χ0v) is 15.4. The van der Waals surface area contributed by atoms with Crippen molar-refractivity contribution in [1.82, 2.24) is 0 Å². The Labute approximate surface area is 155 Å². The number of aliphatic hydroxyl groups excluding tert-OH is 1. The SMILES string of the molecule is CC(C)CC(N)CO.O=C(O)COC(c1ccccc1)c1ccccc1. The molecule has 142 valence electrons. The summed E-state index contributed by atoms with van der Waals surface area (Å²) in [4.78, 5) is 10.6. The number of nitrogens with two attached hydrogens (primary N) is 1. The number of benzene rings is 2. The van der Waals surface area contributed by atoms with Crippen LogP contribution in [0.1, 0.15) is 37.5 Å². The number of aliphatic hydroxyl groups is 1. The van der Waals surface area contributed by atoms with Crippen LogP contribution in [0, 0.1) is 5.92 Å². The minimum atomic E-state index is -0.966. The second kappa shape index (κ2) is 12.2. The van der Waals surface area contributed by atoms with Crippen molar-refractivity contribution in [2.75, 3.05) is 13.2 Å². The van der Waals surface area contributed by atoms with E-state index in [-0.39, 0.29) is 25.4 Å². The van der Waals surface area contributed by atoms with Crippen LogP contribution in [0.4, 0.5) is 0 Å². The van der Waals surface area contributed by atoms with Gasteiger partial charge in [-0.25, -0.2) is 4.79 Å². The minimum Gasteiger partial charge on any atom is -0.480 e. The number of carbonyl (C=O) groups is 1. The van der Waals surface area contributed by atoms with Crippen molar-refractivity contribution in [3.8, 4) is 0 Å². The highest BCUT2D eigenvalue weighted by atomic mass is 16.5. The molecule has 0 aromatic heterocycles. The molecule has 5 nitrogen and oxygen atoms in total. The lowest BCUT2D eigenvalue weighted by molar-refractivity contribution is -0.143. The van der Waals surface area contributed by atoms with E-state index in [0.29, 0.717) is 5.92 Å². The molecule has 26 heavy (non-hydrogen) atoms. The van der Waals surface area contributed by atoms with Gasteiger partial charge in [0.2, 0.25) is 0 Å². The van der Waals surface area contributed by atoms with Gasteiger partial charge in [0.05, 0.1) is 6.61 Å². The summed E-state index contributed by atoms with van der Waals surface area (Å²) in [6, 6.07) is 19.2. The summed E-state index contributed by atoms with van der Waals surface area (Å²) < 4.78 is 5.48. The highest BCUT2D eigenvalue weighted by molar-refractivity contribution is 5.68. The average Bonchev–Trinajstić information content (AvgIpc) is 2.63. The number of ether oxygens (including phenoxy) is 1. The molecule has 2 aromatic carbocycles. The number of hydrogen-bond donors (Lipinski definition) is 3. The van der Waals surface area contributed by atoms with E-state index >= 15 is 0 Å². The summed E-state index contributed by atoms with van der Waals surface area (Å²) in [7, 11) is 0. The second-order valence-corrected chi connectivity index (χ2v) is 6.48. The molecule has 0 fully saturated rings. The Morgan fingerprint density at radius 3 is 1.77 bits per heavy atom. The second-order valence-electron chi connectivity index (χ2n) is 6.48. The van der Waals surface area contributed by atoms with E-state index in [2.05, 4.69) is 13.8 Å². The number of carboxylic acid groups (broad SMARTS) is 1. The van der Waals surface area contributed by atoms with Crippen molar-refractivity contribution < 1.29 is 19.7 Å². The molecule has 0 bridgehead atoms. The molecular formula is C21H29NO4. The molecule has 0 aliphatic heterocycles. The van der Waals surface area contributed by atoms with Crippen LogP contribution < -0.4 is 5.73 Å². The highest BCUT2D eigenvalue weighted by Gasteiger charge is 2.15. The molecule has 5 heteroatoms. The number of hydrogen-bond acceptors (Lipinski definition) is 4. The molecule has 1 atom stereocenters. The number of aliphatic carboxylic acids is 1. The van der Waals surface area contributed by atoms with E-state index in [9.17, 15) is 4.79 Å². The molecule has 0 aliphatic carbocycles. The normalized spacial score (nSPS) is 11.8. The minimum absolute atomic E-state index is 0.0185. The lowest BCUT2D eigenvalue weighted by atomic mass is 10.0. The Morgan fingerprint density at radius 2 is 1.46 bits per heavy atom. The monoisotopic (exact) mass is 359 g/mol. The van der Waals surface area contributed by atoms with Crippen molar-refractivity contribution in [3.63, 3.8) is 0 Å². The zero-order chi connectivity index (χ0) is 19.4. The topological polar surface area (TPSA) is 92.8 Å². The summed E-state index contributed by atoms with van der Waals surface area (Å²) in [5.41, 5.74) is 7.32. The third-order valence-electron chi connectivity index (χ3n) is 3.59. The van der Waals surface area contributed by atoms with Gasteiger partial charge >= 0.3 is 5.97 Å². The van der Waals surface area contributed by atoms with Crippen molar-refractivity contribution in [2.24, 2.45) is 11.7 Å². The third-order valence-corrected chi connectivity index (χ3v) is 3.59. The van der Waals surface area contributed by atoms with Crippen LogP contribution in [0.25, 0.3) is 0 Å². The Balaban J connectivity index is 0.000000359. The summed E-state index contributed by atoms with van der Waals surface area (Å²) >= 11 is 0. The molecular weight excluding hydrogens is 330 g/mol. The van der Waals surface area contributed by atoms with Crippen molar-refractivity contribution in [3.05, 3.63) is 71.8 Å². The van der Waals surface area contributed by atoms with E-state index < -0.39 is 5.97 Å². The molecule has 0 spiro atoms. The maximum atomic E-state index is 10.6. The van der Waals surface area contributed by atoms with Crippen LogP contribution in [-0.2, 0) is 9.53 Å². The van der Waals surface area contributed by atoms with Crippen LogP contribution in [0.3, 0.4) is 0 Å². The molecule has 0 saturated heterocycles. The van der Waals surface area contributed by atoms with E-state index in [1.807, 2.05) is 60.7 Å². The standard InChI is InChI=1S/C15H14O3.C6H15NO/c16-14(17)11-18-15(12-7-3-1-4-8-12)13-9-5-2-6-10-13;1-5(2)3-6(7)4-8/h1-10,15H,11H2,(H,16,17);5-6,8H,3-4,7H2,1-2H3. The zero-order valence-electron chi connectivity index (χ0n) is 15.4. The van der Waals surface area contributed by atoms with E-state index in [0.717, 1.165) is 17.5 Å². The van der Waals surface area contributed by atoms with Gasteiger partial charge in [-0.2, -0.15) is 0 Å². The molecule has 0 radical (unpaired) electrons. The summed E-state index contributed by atoms with van der Waals surface area (Å²) in [6.45, 7) is 3.98. The van der Waals surface area contributed by atoms with E-state index in [4.69, 9.17) is 20.7 Å². The van der Waals surface area contributed by atoms with Gasteiger partial charge < -0.3 is 20.7 Å². The predicted molar refractivity (Wildman–Crippen MR) is 103 cm³/mol. The summed E-state index contributed by atoms with van der Waals surface area (Å²) in [6.07, 6.45) is 0.569. The molecule has 2 aromatic rings. The molecule has 0 amide bonds. The maximum Gasteiger partial charge on any atom is 0.329 e. The van der Waals surface area contributed by atoms with Crippen LogP contribution >= 0.6 is 0 Å². The highest BCUT2D eigenvalue weighted by Crippen LogP contribution is 2.25. The molecule has 0 heterocycles. The first-order chi connectivity index (χ1) is 12.4. The summed E-state index contributed by atoms with van der Waals surface area (Å²) in [5, 5.41) is 17.2. The van der Waals surface area contributed by atoms with Gasteiger partial charge in [0, 0.05) is 6.04 Å². The lowest BCUT2D eigenvalue weighted by Crippen LogP contribution is -2.25. The van der Waals surface area contributed by atoms with Gasteiger partial charge in [-0.1, -0.05) is 74.5 Å². The van der Waals surface area contributed by atoms with Gasteiger partial charge in [0.15, 0.2) is 0 Å².